The summed E-state index contributed by atoms with van der Waals surface area (Å²) < 4.78 is 47.0. The van der Waals surface area contributed by atoms with Crippen molar-refractivity contribution in [2.75, 3.05) is 29.9 Å². The number of alkyl halides is 3. The molecule has 0 radical (unpaired) electrons. The van der Waals surface area contributed by atoms with Crippen LogP contribution in [-0.4, -0.2) is 71.6 Å². The number of halogens is 4. The zero-order chi connectivity index (χ0) is 26.9. The average molecular weight is 540 g/mol. The summed E-state index contributed by atoms with van der Waals surface area (Å²) in [5, 5.41) is 13.0. The Bertz CT molecular complexity index is 1250. The molecule has 196 valence electrons. The Morgan fingerprint density at radius 2 is 1.95 bits per heavy atom. The maximum absolute atomic E-state index is 13.1. The number of rotatable bonds is 6. The number of nitrogens with two attached hydrogens (primary N) is 1. The molecule has 0 aromatic heterocycles. The lowest BCUT2D eigenvalue weighted by molar-refractivity contribution is -0.150. The molecule has 0 aliphatic carbocycles. The number of amides is 3. The average Bonchev–Trinajstić information content (AvgIpc) is 3.16. The van der Waals surface area contributed by atoms with E-state index in [9.17, 15) is 32.7 Å². The van der Waals surface area contributed by atoms with E-state index in [1.165, 1.54) is 47.4 Å². The van der Waals surface area contributed by atoms with Crippen molar-refractivity contribution in [2.24, 2.45) is 10.2 Å². The molecular formula is C23H21ClF3N5O5. The predicted octanol–water partition coefficient (Wildman–Crippen LogP) is 1.80. The molecule has 2 heterocycles. The minimum Gasteiger partial charge on any atom is -0.382 e. The number of hydrogen-bond acceptors (Lipinski definition) is 6. The quantitative estimate of drug-likeness (QED) is 0.378. The molecule has 0 bridgehead atoms. The van der Waals surface area contributed by atoms with Crippen LogP contribution in [0.15, 0.2) is 47.0 Å². The standard InChI is InChI=1S/C23H21ClF3N5O5/c24-30-19(28)12-1-4-14(5-2-12)29-20(34)17(33)18-22(36)32(7-8-37-18)15-6-3-13-10-31(11-23(25,26)27)21(35)16(13)9-15/h1-6,9,17-18,33H,7-8,10-11H2,(H2,28,30)(H,29,34)/t17-,18-/m1/s1. The Morgan fingerprint density at radius 1 is 1.24 bits per heavy atom. The Labute approximate surface area is 213 Å². The first kappa shape index (κ1) is 26.4. The molecule has 1 fully saturated rings. The summed E-state index contributed by atoms with van der Waals surface area (Å²) in [4.78, 5) is 40.1. The molecule has 0 unspecified atom stereocenters. The number of hydrogen-bond donors (Lipinski definition) is 3. The Kier molecular flexibility index (Phi) is 7.39. The normalized spacial score (nSPS) is 19.2. The number of fused-ring (bicyclic) bond motifs is 1. The molecule has 2 atom stereocenters. The molecule has 0 saturated carbocycles. The molecule has 2 aliphatic rings. The molecule has 2 aliphatic heterocycles. The number of nitrogens with one attached hydrogen (secondary N) is 1. The maximum atomic E-state index is 13.1. The fourth-order valence-electron chi connectivity index (χ4n) is 4.08. The Hall–Kier alpha value is -3.68. The number of amidine groups is 1. The van der Waals surface area contributed by atoms with Crippen LogP contribution in [0, 0.1) is 0 Å². The lowest BCUT2D eigenvalue weighted by Gasteiger charge is -2.34. The van der Waals surface area contributed by atoms with Crippen LogP contribution < -0.4 is 16.0 Å². The molecule has 4 rings (SSSR count). The van der Waals surface area contributed by atoms with Gasteiger partial charge in [-0.25, -0.2) is 0 Å². The topological polar surface area (TPSA) is 138 Å². The SMILES string of the molecule is NC(=NCl)c1ccc(NC(=O)[C@H](O)[C@H]2OCCN(c3ccc4c(c3)C(=O)N(CC(F)(F)F)C4)C2=O)cc1. The lowest BCUT2D eigenvalue weighted by Crippen LogP contribution is -2.55. The number of aliphatic hydroxyl groups excluding tert-OH is 1. The van der Waals surface area contributed by atoms with Gasteiger partial charge in [0.05, 0.1) is 6.61 Å². The number of ether oxygens (including phenoxy) is 1. The number of nitrogens with zero attached hydrogens (tertiary/aromatic N) is 3. The van der Waals surface area contributed by atoms with Crippen molar-refractivity contribution in [3.05, 3.63) is 59.2 Å². The van der Waals surface area contributed by atoms with E-state index in [1.54, 1.807) is 0 Å². The van der Waals surface area contributed by atoms with E-state index in [4.69, 9.17) is 22.2 Å². The van der Waals surface area contributed by atoms with Gasteiger partial charge in [0.1, 0.15) is 12.4 Å². The Balaban J connectivity index is 1.45. The summed E-state index contributed by atoms with van der Waals surface area (Å²) in [6.07, 6.45) is -7.96. The lowest BCUT2D eigenvalue weighted by atomic mass is 10.1. The molecule has 14 heteroatoms. The van der Waals surface area contributed by atoms with Crippen molar-refractivity contribution in [3.63, 3.8) is 0 Å². The van der Waals surface area contributed by atoms with Crippen LogP contribution in [0.1, 0.15) is 21.5 Å². The van der Waals surface area contributed by atoms with E-state index >= 15 is 0 Å². The van der Waals surface area contributed by atoms with Gasteiger partial charge in [0.25, 0.3) is 17.7 Å². The highest BCUT2D eigenvalue weighted by molar-refractivity contribution is 6.22. The van der Waals surface area contributed by atoms with Crippen molar-refractivity contribution >= 4 is 46.7 Å². The van der Waals surface area contributed by atoms with Crippen molar-refractivity contribution < 1.29 is 37.4 Å². The van der Waals surface area contributed by atoms with E-state index < -0.39 is 42.7 Å². The molecule has 1 saturated heterocycles. The molecular weight excluding hydrogens is 519 g/mol. The third-order valence-corrected chi connectivity index (χ3v) is 6.05. The van der Waals surface area contributed by atoms with Crippen molar-refractivity contribution in [3.8, 4) is 0 Å². The van der Waals surface area contributed by atoms with Gasteiger partial charge in [0.2, 0.25) is 0 Å². The number of benzene rings is 2. The molecule has 4 N–H and O–H groups in total. The van der Waals surface area contributed by atoms with Crippen LogP contribution >= 0.6 is 11.8 Å². The second-order valence-electron chi connectivity index (χ2n) is 8.38. The number of carbonyl (C=O) groups is 3. The van der Waals surface area contributed by atoms with Gasteiger partial charge in [-0.1, -0.05) is 6.07 Å². The number of anilines is 2. The third kappa shape index (κ3) is 5.68. The van der Waals surface area contributed by atoms with Crippen LogP contribution in [-0.2, 0) is 20.9 Å². The fraction of sp³-hybridized carbons (Fsp3) is 0.304. The van der Waals surface area contributed by atoms with Gasteiger partial charge in [-0.3, -0.25) is 14.4 Å². The molecule has 37 heavy (non-hydrogen) atoms. The highest BCUT2D eigenvalue weighted by Gasteiger charge is 2.41. The van der Waals surface area contributed by atoms with Crippen molar-refractivity contribution in [1.82, 2.24) is 4.90 Å². The van der Waals surface area contributed by atoms with Gasteiger partial charge < -0.3 is 30.7 Å². The van der Waals surface area contributed by atoms with E-state index in [1.807, 2.05) is 0 Å². The Morgan fingerprint density at radius 3 is 2.59 bits per heavy atom. The summed E-state index contributed by atoms with van der Waals surface area (Å²) in [5.41, 5.74) is 7.10. The molecule has 0 spiro atoms. The van der Waals surface area contributed by atoms with Crippen LogP contribution in [0.4, 0.5) is 24.5 Å². The second kappa shape index (κ2) is 10.4. The zero-order valence-corrected chi connectivity index (χ0v) is 19.8. The molecule has 10 nitrogen and oxygen atoms in total. The number of aliphatic hydroxyl groups is 1. The number of carbonyl (C=O) groups excluding carboxylic acids is 3. The van der Waals surface area contributed by atoms with Crippen molar-refractivity contribution in [2.45, 2.75) is 24.9 Å². The smallest absolute Gasteiger partial charge is 0.382 e. The molecule has 2 aromatic carbocycles. The van der Waals surface area contributed by atoms with E-state index in [0.717, 1.165) is 0 Å². The first-order chi connectivity index (χ1) is 17.5. The highest BCUT2D eigenvalue weighted by atomic mass is 35.5. The zero-order valence-electron chi connectivity index (χ0n) is 19.0. The van der Waals surface area contributed by atoms with Gasteiger partial charge >= 0.3 is 6.18 Å². The molecule has 3 amide bonds. The first-order valence-electron chi connectivity index (χ1n) is 10.9. The van der Waals surface area contributed by atoms with E-state index in [2.05, 4.69) is 9.83 Å². The highest BCUT2D eigenvalue weighted by Crippen LogP contribution is 2.31. The predicted molar refractivity (Wildman–Crippen MR) is 127 cm³/mol. The summed E-state index contributed by atoms with van der Waals surface area (Å²) in [6.45, 7) is -1.56. The van der Waals surface area contributed by atoms with Gasteiger partial charge in [0, 0.05) is 47.4 Å². The summed E-state index contributed by atoms with van der Waals surface area (Å²) in [6, 6.07) is 10.4. The number of morpholine rings is 1. The maximum Gasteiger partial charge on any atom is 0.406 e. The van der Waals surface area contributed by atoms with Gasteiger partial charge in [-0.05, 0) is 42.0 Å². The summed E-state index contributed by atoms with van der Waals surface area (Å²) in [7, 11) is 0. The summed E-state index contributed by atoms with van der Waals surface area (Å²) >= 11 is 5.32. The van der Waals surface area contributed by atoms with Crippen molar-refractivity contribution in [1.29, 1.82) is 0 Å². The van der Waals surface area contributed by atoms with Crippen LogP contribution in [0.5, 0.6) is 0 Å². The fourth-order valence-corrected chi connectivity index (χ4v) is 4.17. The monoisotopic (exact) mass is 539 g/mol. The van der Waals surface area contributed by atoms with Gasteiger partial charge in [-0.15, -0.1) is 0 Å². The van der Waals surface area contributed by atoms with Crippen LogP contribution in [0.2, 0.25) is 0 Å². The minimum absolute atomic E-state index is 0.0300. The van der Waals surface area contributed by atoms with Crippen LogP contribution in [0.25, 0.3) is 0 Å². The molecule has 2 aromatic rings. The largest absolute Gasteiger partial charge is 0.406 e. The van der Waals surface area contributed by atoms with E-state index in [-0.39, 0.29) is 36.8 Å². The first-order valence-corrected chi connectivity index (χ1v) is 11.3. The minimum atomic E-state index is -4.54. The van der Waals surface area contributed by atoms with Gasteiger partial charge in [-0.2, -0.15) is 17.7 Å². The van der Waals surface area contributed by atoms with Gasteiger partial charge in [0.15, 0.2) is 12.2 Å². The van der Waals surface area contributed by atoms with E-state index in [0.29, 0.717) is 21.7 Å². The second-order valence-corrected chi connectivity index (χ2v) is 8.55. The van der Waals surface area contributed by atoms with Crippen LogP contribution in [0.3, 0.4) is 0 Å². The summed E-state index contributed by atoms with van der Waals surface area (Å²) in [5.74, 6) is -2.37. The third-order valence-electron chi connectivity index (χ3n) is 5.87.